The summed E-state index contributed by atoms with van der Waals surface area (Å²) in [6.45, 7) is 1.96. The van der Waals surface area contributed by atoms with Crippen LogP contribution < -0.4 is 20.7 Å². The number of aryl methyl sites for hydroxylation is 1. The molecule has 21 heavy (non-hydrogen) atoms. The summed E-state index contributed by atoms with van der Waals surface area (Å²) in [5.41, 5.74) is 5.61. The second-order valence-corrected chi connectivity index (χ2v) is 5.06. The van der Waals surface area contributed by atoms with Gasteiger partial charge in [0, 0.05) is 16.7 Å². The van der Waals surface area contributed by atoms with Crippen molar-refractivity contribution in [1.29, 1.82) is 0 Å². The molecule has 0 aliphatic carbocycles. The molecule has 5 heteroatoms. The molecule has 0 heterocycles. The number of benzene rings is 2. The topological polar surface area (TPSA) is 56.5 Å². The third-order valence-corrected chi connectivity index (χ3v) is 3.97. The highest BCUT2D eigenvalue weighted by Gasteiger charge is 2.20. The lowest BCUT2D eigenvalue weighted by Crippen LogP contribution is -2.29. The number of hydrogen-bond acceptors (Lipinski definition) is 4. The van der Waals surface area contributed by atoms with Gasteiger partial charge in [-0.05, 0) is 30.2 Å². The molecule has 0 aliphatic heterocycles. The van der Waals surface area contributed by atoms with Crippen LogP contribution in [0.4, 0.5) is 0 Å². The van der Waals surface area contributed by atoms with Gasteiger partial charge in [-0.25, -0.2) is 5.43 Å². The molecule has 0 fully saturated rings. The Morgan fingerprint density at radius 1 is 1.10 bits per heavy atom. The number of ether oxygens (including phenoxy) is 2. The number of hydrogen-bond donors (Lipinski definition) is 2. The molecule has 1 atom stereocenters. The Morgan fingerprint density at radius 3 is 2.48 bits per heavy atom. The Bertz CT molecular complexity index is 632. The van der Waals surface area contributed by atoms with Gasteiger partial charge in [0.1, 0.15) is 11.5 Å². The van der Waals surface area contributed by atoms with E-state index in [2.05, 4.69) is 5.43 Å². The van der Waals surface area contributed by atoms with Crippen LogP contribution in [0, 0.1) is 6.92 Å². The molecule has 0 saturated carbocycles. The third kappa shape index (κ3) is 3.13. The van der Waals surface area contributed by atoms with E-state index in [0.717, 1.165) is 22.4 Å². The van der Waals surface area contributed by atoms with E-state index in [0.29, 0.717) is 10.8 Å². The standard InChI is InChI=1S/C16H19ClN2O2/c1-10-5-4-6-13(15(10)17)16(19-18)12-8-7-11(20-2)9-14(12)21-3/h4-9,16,19H,18H2,1-3H3. The average Bonchev–Trinajstić information content (AvgIpc) is 2.52. The fourth-order valence-electron chi connectivity index (χ4n) is 2.30. The van der Waals surface area contributed by atoms with E-state index < -0.39 is 0 Å². The number of methoxy groups -OCH3 is 2. The van der Waals surface area contributed by atoms with E-state index in [9.17, 15) is 0 Å². The van der Waals surface area contributed by atoms with Crippen LogP contribution in [0.15, 0.2) is 36.4 Å². The Morgan fingerprint density at radius 2 is 1.86 bits per heavy atom. The molecule has 0 spiro atoms. The summed E-state index contributed by atoms with van der Waals surface area (Å²) in [5, 5.41) is 0.693. The van der Waals surface area contributed by atoms with Gasteiger partial charge >= 0.3 is 0 Å². The van der Waals surface area contributed by atoms with Crippen LogP contribution in [-0.4, -0.2) is 14.2 Å². The molecule has 0 aliphatic rings. The SMILES string of the molecule is COc1ccc(C(NN)c2cccc(C)c2Cl)c(OC)c1. The second kappa shape index (κ2) is 6.80. The van der Waals surface area contributed by atoms with Crippen LogP contribution in [0.5, 0.6) is 11.5 Å². The first kappa shape index (κ1) is 15.6. The summed E-state index contributed by atoms with van der Waals surface area (Å²) in [7, 11) is 3.23. The first-order valence-corrected chi connectivity index (χ1v) is 6.93. The zero-order valence-electron chi connectivity index (χ0n) is 12.3. The predicted octanol–water partition coefficient (Wildman–Crippen LogP) is 3.22. The van der Waals surface area contributed by atoms with Gasteiger partial charge < -0.3 is 9.47 Å². The molecule has 2 rings (SSSR count). The van der Waals surface area contributed by atoms with Crippen molar-refractivity contribution < 1.29 is 9.47 Å². The summed E-state index contributed by atoms with van der Waals surface area (Å²) in [6, 6.07) is 11.2. The molecule has 0 bridgehead atoms. The van der Waals surface area contributed by atoms with Crippen molar-refractivity contribution in [3.05, 3.63) is 58.1 Å². The van der Waals surface area contributed by atoms with Gasteiger partial charge in [0.15, 0.2) is 0 Å². The molecule has 2 aromatic carbocycles. The zero-order chi connectivity index (χ0) is 15.4. The second-order valence-electron chi connectivity index (χ2n) is 4.69. The van der Waals surface area contributed by atoms with Crippen molar-refractivity contribution >= 4 is 11.6 Å². The van der Waals surface area contributed by atoms with E-state index in [1.165, 1.54) is 0 Å². The maximum absolute atomic E-state index is 6.41. The van der Waals surface area contributed by atoms with Gasteiger partial charge in [-0.1, -0.05) is 29.8 Å². The van der Waals surface area contributed by atoms with Crippen molar-refractivity contribution in [1.82, 2.24) is 5.43 Å². The highest BCUT2D eigenvalue weighted by atomic mass is 35.5. The van der Waals surface area contributed by atoms with Gasteiger partial charge in [-0.2, -0.15) is 0 Å². The lowest BCUT2D eigenvalue weighted by atomic mass is 9.96. The van der Waals surface area contributed by atoms with Crippen LogP contribution in [0.3, 0.4) is 0 Å². The summed E-state index contributed by atoms with van der Waals surface area (Å²) in [6.07, 6.45) is 0. The first-order valence-electron chi connectivity index (χ1n) is 6.55. The monoisotopic (exact) mass is 306 g/mol. The zero-order valence-corrected chi connectivity index (χ0v) is 13.1. The van der Waals surface area contributed by atoms with Crippen molar-refractivity contribution in [3.63, 3.8) is 0 Å². The van der Waals surface area contributed by atoms with Crippen LogP contribution in [0.1, 0.15) is 22.7 Å². The van der Waals surface area contributed by atoms with E-state index >= 15 is 0 Å². The first-order chi connectivity index (χ1) is 10.1. The highest BCUT2D eigenvalue weighted by molar-refractivity contribution is 6.32. The molecule has 4 nitrogen and oxygen atoms in total. The van der Waals surface area contributed by atoms with Gasteiger partial charge in [0.25, 0.3) is 0 Å². The van der Waals surface area contributed by atoms with E-state index in [-0.39, 0.29) is 6.04 Å². The van der Waals surface area contributed by atoms with Crippen molar-refractivity contribution in [2.75, 3.05) is 14.2 Å². The van der Waals surface area contributed by atoms with Crippen LogP contribution >= 0.6 is 11.6 Å². The summed E-state index contributed by atoms with van der Waals surface area (Å²) in [5.74, 6) is 7.17. The third-order valence-electron chi connectivity index (χ3n) is 3.45. The van der Waals surface area contributed by atoms with E-state index in [1.807, 2.05) is 43.3 Å². The van der Waals surface area contributed by atoms with Gasteiger partial charge in [0.05, 0.1) is 20.3 Å². The number of nitrogens with two attached hydrogens (primary N) is 1. The molecule has 0 aromatic heterocycles. The molecular formula is C16H19ClN2O2. The van der Waals surface area contributed by atoms with Crippen molar-refractivity contribution in [2.24, 2.45) is 5.84 Å². The average molecular weight is 307 g/mol. The Hall–Kier alpha value is -1.75. The summed E-state index contributed by atoms with van der Waals surface area (Å²) >= 11 is 6.41. The normalized spacial score (nSPS) is 12.0. The maximum Gasteiger partial charge on any atom is 0.127 e. The smallest absolute Gasteiger partial charge is 0.127 e. The molecule has 1 unspecified atom stereocenters. The quantitative estimate of drug-likeness (QED) is 0.658. The fourth-order valence-corrected chi connectivity index (χ4v) is 2.53. The minimum atomic E-state index is -0.266. The highest BCUT2D eigenvalue weighted by Crippen LogP contribution is 2.36. The Balaban J connectivity index is 2.53. The molecule has 0 saturated heterocycles. The van der Waals surface area contributed by atoms with Gasteiger partial charge in [-0.3, -0.25) is 5.84 Å². The van der Waals surface area contributed by atoms with Gasteiger partial charge in [0.2, 0.25) is 0 Å². The minimum absolute atomic E-state index is 0.266. The Kier molecular flexibility index (Phi) is 5.07. The molecular weight excluding hydrogens is 288 g/mol. The largest absolute Gasteiger partial charge is 0.497 e. The summed E-state index contributed by atoms with van der Waals surface area (Å²) < 4.78 is 10.7. The summed E-state index contributed by atoms with van der Waals surface area (Å²) in [4.78, 5) is 0. The molecule has 0 amide bonds. The molecule has 112 valence electrons. The molecule has 0 radical (unpaired) electrons. The number of rotatable bonds is 5. The van der Waals surface area contributed by atoms with Crippen molar-refractivity contribution in [2.45, 2.75) is 13.0 Å². The molecule has 3 N–H and O–H groups in total. The Labute approximate surface area is 129 Å². The predicted molar refractivity (Wildman–Crippen MR) is 84.9 cm³/mol. The minimum Gasteiger partial charge on any atom is -0.497 e. The van der Waals surface area contributed by atoms with Crippen LogP contribution in [0.25, 0.3) is 0 Å². The van der Waals surface area contributed by atoms with Gasteiger partial charge in [-0.15, -0.1) is 0 Å². The fraction of sp³-hybridized carbons (Fsp3) is 0.250. The van der Waals surface area contributed by atoms with E-state index in [4.69, 9.17) is 26.9 Å². The number of halogens is 1. The number of hydrazine groups is 1. The maximum atomic E-state index is 6.41. The number of nitrogens with one attached hydrogen (secondary N) is 1. The van der Waals surface area contributed by atoms with Crippen LogP contribution in [0.2, 0.25) is 5.02 Å². The van der Waals surface area contributed by atoms with Crippen LogP contribution in [-0.2, 0) is 0 Å². The van der Waals surface area contributed by atoms with E-state index in [1.54, 1.807) is 14.2 Å². The lowest BCUT2D eigenvalue weighted by Gasteiger charge is -2.21. The molecule has 2 aromatic rings. The van der Waals surface area contributed by atoms with Crippen molar-refractivity contribution in [3.8, 4) is 11.5 Å². The lowest BCUT2D eigenvalue weighted by molar-refractivity contribution is 0.387.